The molecule has 0 amide bonds. The van der Waals surface area contributed by atoms with E-state index >= 15 is 0 Å². The van der Waals surface area contributed by atoms with Gasteiger partial charge in [0.05, 0.1) is 25.6 Å². The van der Waals surface area contributed by atoms with Crippen molar-refractivity contribution >= 4 is 16.7 Å². The van der Waals surface area contributed by atoms with Gasteiger partial charge in [0, 0.05) is 34.7 Å². The summed E-state index contributed by atoms with van der Waals surface area (Å²) >= 11 is 0. The molecule has 0 radical (unpaired) electrons. The van der Waals surface area contributed by atoms with Gasteiger partial charge in [-0.15, -0.1) is 0 Å². The second kappa shape index (κ2) is 12.0. The molecule has 6 rings (SSSR count). The number of rotatable bonds is 9. The predicted octanol–water partition coefficient (Wildman–Crippen LogP) is 5.54. The molecule has 5 nitrogen and oxygen atoms in total. The summed E-state index contributed by atoms with van der Waals surface area (Å²) in [6.07, 6.45) is 6.32. The zero-order valence-electron chi connectivity index (χ0n) is 24.6. The van der Waals surface area contributed by atoms with E-state index in [0.717, 1.165) is 36.1 Å². The lowest BCUT2D eigenvalue weighted by Crippen LogP contribution is -3.11. The Hall–Kier alpha value is -3.70. The van der Waals surface area contributed by atoms with Crippen LogP contribution in [0.5, 0.6) is 11.5 Å². The first-order valence-corrected chi connectivity index (χ1v) is 15.2. The maximum atomic E-state index is 13.5. The maximum Gasteiger partial charge on any atom is 0.213 e. The molecule has 4 aromatic rings. The van der Waals surface area contributed by atoms with Crippen LogP contribution in [0.25, 0.3) is 10.9 Å². The molecule has 0 spiro atoms. The maximum absolute atomic E-state index is 13.5. The smallest absolute Gasteiger partial charge is 0.213 e. The number of nitrogens with zero attached hydrogens (tertiary/aromatic N) is 1. The molecular weight excluding hydrogens is 508 g/mol. The average molecular weight is 551 g/mol. The van der Waals surface area contributed by atoms with Gasteiger partial charge in [-0.2, -0.15) is 4.57 Å². The van der Waals surface area contributed by atoms with E-state index in [1.54, 1.807) is 12.0 Å². The molecule has 0 saturated carbocycles. The largest absolute Gasteiger partial charge is 0.493 e. The molecule has 0 bridgehead atoms. The number of hydrogen-bond donors (Lipinski definition) is 1. The Bertz CT molecular complexity index is 1520. The third-order valence-electron chi connectivity index (χ3n) is 9.12. The fourth-order valence-electron chi connectivity index (χ4n) is 6.87. The third-order valence-corrected chi connectivity index (χ3v) is 9.12. The summed E-state index contributed by atoms with van der Waals surface area (Å²) in [5.41, 5.74) is 5.65. The molecule has 2 aliphatic rings. The van der Waals surface area contributed by atoms with Gasteiger partial charge < -0.3 is 14.4 Å². The number of quaternary nitrogens is 1. The normalized spacial score (nSPS) is 20.4. The Kier molecular flexibility index (Phi) is 8.06. The first-order valence-electron chi connectivity index (χ1n) is 15.2. The highest BCUT2D eigenvalue weighted by Crippen LogP contribution is 2.39. The lowest BCUT2D eigenvalue weighted by atomic mass is 9.85. The molecule has 1 aliphatic heterocycles. The molecule has 1 aliphatic carbocycles. The summed E-state index contributed by atoms with van der Waals surface area (Å²) in [5, 5.41) is 1.19. The van der Waals surface area contributed by atoms with E-state index in [1.165, 1.54) is 42.4 Å². The van der Waals surface area contributed by atoms with Crippen molar-refractivity contribution in [1.29, 1.82) is 0 Å². The van der Waals surface area contributed by atoms with E-state index in [0.29, 0.717) is 30.1 Å². The Morgan fingerprint density at radius 3 is 2.46 bits per heavy atom. The van der Waals surface area contributed by atoms with Crippen LogP contribution in [-0.4, -0.2) is 26.0 Å². The number of ketones is 1. The standard InChI is InChI=1S/C36H41N2O3/c1-25(2)38-18-15-28(31-11-7-8-12-33(31)38)24-41-35-21-29-20-30(36(39)32(29)22-34(35)40-3)19-26-13-16-37(17-14-26)23-27-9-5-4-6-10-27/h4-12,15,18,21-22,25-26,30H,13-14,16-17,19-20,23-24H2,1-3H3/q+1/p+1. The van der Waals surface area contributed by atoms with Gasteiger partial charge in [0.25, 0.3) is 0 Å². The number of aromatic nitrogens is 1. The molecule has 2 heterocycles. The van der Waals surface area contributed by atoms with Crippen LogP contribution in [0.1, 0.15) is 66.2 Å². The van der Waals surface area contributed by atoms with Crippen LogP contribution in [0.2, 0.25) is 0 Å². The number of ether oxygens (including phenoxy) is 2. The van der Waals surface area contributed by atoms with Crippen LogP contribution in [0, 0.1) is 11.8 Å². The minimum absolute atomic E-state index is 0.0650. The third kappa shape index (κ3) is 5.87. The molecule has 212 valence electrons. The van der Waals surface area contributed by atoms with Crippen LogP contribution in [0.4, 0.5) is 0 Å². The number of nitrogens with one attached hydrogen (secondary N) is 1. The second-order valence-corrected chi connectivity index (χ2v) is 12.2. The number of carbonyl (C=O) groups excluding carboxylic acids is 1. The Balaban J connectivity index is 1.11. The molecule has 3 aromatic carbocycles. The van der Waals surface area contributed by atoms with E-state index in [-0.39, 0.29) is 11.7 Å². The van der Waals surface area contributed by atoms with Gasteiger partial charge >= 0.3 is 0 Å². The highest BCUT2D eigenvalue weighted by atomic mass is 16.5. The van der Waals surface area contributed by atoms with Crippen molar-refractivity contribution in [2.24, 2.45) is 11.8 Å². The number of pyridine rings is 1. The van der Waals surface area contributed by atoms with Gasteiger partial charge in [0.2, 0.25) is 5.52 Å². The zero-order valence-corrected chi connectivity index (χ0v) is 24.6. The van der Waals surface area contributed by atoms with Gasteiger partial charge in [-0.3, -0.25) is 4.79 Å². The van der Waals surface area contributed by atoms with Crippen molar-refractivity contribution in [2.75, 3.05) is 20.2 Å². The molecular formula is C36H42N2O3+2. The fraction of sp³-hybridized carbons (Fsp3) is 0.389. The first-order chi connectivity index (χ1) is 20.0. The highest BCUT2D eigenvalue weighted by molar-refractivity contribution is 6.03. The van der Waals surface area contributed by atoms with Crippen molar-refractivity contribution in [2.45, 2.75) is 58.7 Å². The molecule has 1 fully saturated rings. The summed E-state index contributed by atoms with van der Waals surface area (Å²) in [6.45, 7) is 8.30. The van der Waals surface area contributed by atoms with Crippen LogP contribution in [-0.2, 0) is 19.6 Å². The van der Waals surface area contributed by atoms with Gasteiger partial charge in [-0.25, -0.2) is 0 Å². The lowest BCUT2D eigenvalue weighted by molar-refractivity contribution is -0.919. The van der Waals surface area contributed by atoms with Crippen molar-refractivity contribution in [3.63, 3.8) is 0 Å². The van der Waals surface area contributed by atoms with Crippen molar-refractivity contribution in [1.82, 2.24) is 0 Å². The number of Topliss-reactive ketones (excluding diaryl/α,β-unsaturated/α-hetero) is 1. The van der Waals surface area contributed by atoms with E-state index in [9.17, 15) is 4.79 Å². The van der Waals surface area contributed by atoms with Crippen molar-refractivity contribution in [3.8, 4) is 11.5 Å². The Morgan fingerprint density at radius 2 is 1.71 bits per heavy atom. The minimum atomic E-state index is 0.0650. The molecule has 41 heavy (non-hydrogen) atoms. The van der Waals surface area contributed by atoms with E-state index in [4.69, 9.17) is 9.47 Å². The number of para-hydroxylation sites is 1. The molecule has 1 unspecified atom stereocenters. The first kappa shape index (κ1) is 27.5. The van der Waals surface area contributed by atoms with Gasteiger partial charge in [0.15, 0.2) is 29.5 Å². The van der Waals surface area contributed by atoms with E-state index in [2.05, 4.69) is 91.3 Å². The molecule has 1 N–H and O–H groups in total. The Morgan fingerprint density at radius 1 is 0.951 bits per heavy atom. The lowest BCUT2D eigenvalue weighted by Gasteiger charge is -2.30. The van der Waals surface area contributed by atoms with Gasteiger partial charge in [-0.05, 0) is 69.2 Å². The van der Waals surface area contributed by atoms with Crippen LogP contribution < -0.4 is 18.9 Å². The SMILES string of the molecule is COc1cc2c(cc1OCc1cc[n+](C(C)C)c3ccccc13)CC(CC1CC[NH+](Cc3ccccc3)CC1)C2=O. The number of benzene rings is 3. The number of piperidine rings is 1. The van der Waals surface area contributed by atoms with E-state index in [1.807, 2.05) is 6.07 Å². The summed E-state index contributed by atoms with van der Waals surface area (Å²) < 4.78 is 14.4. The van der Waals surface area contributed by atoms with E-state index < -0.39 is 0 Å². The zero-order chi connectivity index (χ0) is 28.3. The van der Waals surface area contributed by atoms with Crippen molar-refractivity contribution < 1.29 is 23.7 Å². The second-order valence-electron chi connectivity index (χ2n) is 12.2. The number of hydrogen-bond acceptors (Lipinski definition) is 3. The summed E-state index contributed by atoms with van der Waals surface area (Å²) in [6, 6.07) is 25.8. The number of likely N-dealkylation sites (tertiary alicyclic amines) is 1. The quantitative estimate of drug-likeness (QED) is 0.279. The topological polar surface area (TPSA) is 43.9 Å². The predicted molar refractivity (Wildman–Crippen MR) is 162 cm³/mol. The van der Waals surface area contributed by atoms with Crippen LogP contribution in [0.15, 0.2) is 79.0 Å². The van der Waals surface area contributed by atoms with Crippen molar-refractivity contribution in [3.05, 3.63) is 101 Å². The van der Waals surface area contributed by atoms with Crippen LogP contribution >= 0.6 is 0 Å². The average Bonchev–Trinajstić information content (AvgIpc) is 3.30. The molecule has 1 saturated heterocycles. The highest BCUT2D eigenvalue weighted by Gasteiger charge is 2.35. The van der Waals surface area contributed by atoms with Gasteiger partial charge in [0.1, 0.15) is 13.2 Å². The molecule has 5 heteroatoms. The molecule has 1 aromatic heterocycles. The number of fused-ring (bicyclic) bond motifs is 2. The van der Waals surface area contributed by atoms with Crippen LogP contribution in [0.3, 0.4) is 0 Å². The monoisotopic (exact) mass is 550 g/mol. The summed E-state index contributed by atoms with van der Waals surface area (Å²) in [7, 11) is 1.65. The number of carbonyl (C=O) groups is 1. The van der Waals surface area contributed by atoms with Gasteiger partial charge in [-0.1, -0.05) is 42.5 Å². The minimum Gasteiger partial charge on any atom is -0.493 e. The summed E-state index contributed by atoms with van der Waals surface area (Å²) in [4.78, 5) is 15.1. The fourth-order valence-corrected chi connectivity index (χ4v) is 6.87. The summed E-state index contributed by atoms with van der Waals surface area (Å²) in [5.74, 6) is 2.30. The molecule has 1 atom stereocenters. The number of methoxy groups -OCH3 is 1. The Labute approximate surface area is 243 Å².